The summed E-state index contributed by atoms with van der Waals surface area (Å²) in [5.41, 5.74) is 5.76. The Kier molecular flexibility index (Phi) is 2.69. The van der Waals surface area contributed by atoms with Crippen molar-refractivity contribution in [2.75, 3.05) is 0 Å². The first-order chi connectivity index (χ1) is 4.68. The monoisotopic (exact) mass is 143 g/mol. The molecular weight excluding hydrogens is 126 g/mol. The van der Waals surface area contributed by atoms with Gasteiger partial charge in [0.15, 0.2) is 0 Å². The summed E-state index contributed by atoms with van der Waals surface area (Å²) in [5, 5.41) is 9.30. The van der Waals surface area contributed by atoms with Crippen LogP contribution >= 0.6 is 0 Å². The van der Waals surface area contributed by atoms with Crippen molar-refractivity contribution in [3.05, 3.63) is 0 Å². The molecule has 0 amide bonds. The van der Waals surface area contributed by atoms with E-state index in [2.05, 4.69) is 6.92 Å². The van der Waals surface area contributed by atoms with E-state index in [-0.39, 0.29) is 12.1 Å². The highest BCUT2D eigenvalue weighted by molar-refractivity contribution is 4.75. The minimum atomic E-state index is -0.139. The van der Waals surface area contributed by atoms with Gasteiger partial charge in [0.25, 0.3) is 0 Å². The van der Waals surface area contributed by atoms with E-state index in [1.165, 1.54) is 0 Å². The second-order valence-electron chi connectivity index (χ2n) is 3.57. The molecule has 0 heterocycles. The highest BCUT2D eigenvalue weighted by Gasteiger charge is 2.18. The molecule has 0 spiro atoms. The van der Waals surface area contributed by atoms with Gasteiger partial charge in [-0.1, -0.05) is 6.92 Å². The Morgan fingerprint density at radius 1 is 1.30 bits per heavy atom. The molecule has 1 saturated carbocycles. The maximum absolute atomic E-state index is 9.30. The summed E-state index contributed by atoms with van der Waals surface area (Å²) < 4.78 is 0. The molecule has 3 unspecified atom stereocenters. The Labute approximate surface area is 62.4 Å². The van der Waals surface area contributed by atoms with Crippen molar-refractivity contribution in [3.63, 3.8) is 0 Å². The lowest BCUT2D eigenvalue weighted by Gasteiger charge is -2.11. The van der Waals surface area contributed by atoms with Crippen LogP contribution in [0.2, 0.25) is 0 Å². The van der Waals surface area contributed by atoms with E-state index in [4.69, 9.17) is 5.73 Å². The minimum absolute atomic E-state index is 0.139. The van der Waals surface area contributed by atoms with Gasteiger partial charge in [0, 0.05) is 6.04 Å². The maximum Gasteiger partial charge on any atom is 0.0555 e. The van der Waals surface area contributed by atoms with Gasteiger partial charge in [0.1, 0.15) is 0 Å². The summed E-state index contributed by atoms with van der Waals surface area (Å²) in [4.78, 5) is 0. The Bertz CT molecular complexity index is 93.4. The number of nitrogens with two attached hydrogens (primary N) is 1. The Morgan fingerprint density at radius 2 is 2.00 bits per heavy atom. The van der Waals surface area contributed by atoms with Crippen molar-refractivity contribution in [1.29, 1.82) is 0 Å². The summed E-state index contributed by atoms with van der Waals surface area (Å²) in [7, 11) is 0. The molecule has 3 N–H and O–H groups in total. The van der Waals surface area contributed by atoms with E-state index >= 15 is 0 Å². The smallest absolute Gasteiger partial charge is 0.0555 e. The van der Waals surface area contributed by atoms with Crippen LogP contribution in [0.3, 0.4) is 0 Å². The van der Waals surface area contributed by atoms with Gasteiger partial charge in [-0.25, -0.2) is 0 Å². The van der Waals surface area contributed by atoms with Crippen LogP contribution in [-0.2, 0) is 0 Å². The number of hydrogen-bond acceptors (Lipinski definition) is 2. The first-order valence-corrected chi connectivity index (χ1v) is 4.12. The van der Waals surface area contributed by atoms with E-state index in [1.54, 1.807) is 0 Å². The molecule has 0 bridgehead atoms. The lowest BCUT2D eigenvalue weighted by atomic mass is 10.0. The molecule has 0 aromatic heterocycles. The fourth-order valence-corrected chi connectivity index (χ4v) is 1.68. The van der Waals surface area contributed by atoms with Crippen molar-refractivity contribution in [2.45, 2.75) is 44.8 Å². The molecule has 10 heavy (non-hydrogen) atoms. The maximum atomic E-state index is 9.30. The zero-order valence-corrected chi connectivity index (χ0v) is 6.59. The second-order valence-corrected chi connectivity index (χ2v) is 3.57. The van der Waals surface area contributed by atoms with E-state index in [0.29, 0.717) is 5.92 Å². The van der Waals surface area contributed by atoms with Gasteiger partial charge in [-0.2, -0.15) is 0 Å². The van der Waals surface area contributed by atoms with Crippen molar-refractivity contribution < 1.29 is 5.11 Å². The molecular formula is C8H17NO. The third-order valence-electron chi connectivity index (χ3n) is 2.27. The van der Waals surface area contributed by atoms with Gasteiger partial charge < -0.3 is 10.8 Å². The van der Waals surface area contributed by atoms with E-state index in [0.717, 1.165) is 25.7 Å². The Balaban J connectivity index is 2.38. The van der Waals surface area contributed by atoms with E-state index in [1.807, 2.05) is 0 Å². The van der Waals surface area contributed by atoms with E-state index < -0.39 is 0 Å². The average Bonchev–Trinajstić information content (AvgIpc) is 1.93. The highest BCUT2D eigenvalue weighted by atomic mass is 16.3. The summed E-state index contributed by atoms with van der Waals surface area (Å²) in [6, 6.07) is 0.229. The van der Waals surface area contributed by atoms with Gasteiger partial charge in [0.05, 0.1) is 6.10 Å². The number of rotatable bonds is 0. The van der Waals surface area contributed by atoms with Crippen LogP contribution in [0.15, 0.2) is 0 Å². The molecule has 1 aliphatic carbocycles. The Morgan fingerprint density at radius 3 is 2.70 bits per heavy atom. The van der Waals surface area contributed by atoms with E-state index in [9.17, 15) is 5.11 Å². The molecule has 0 aromatic carbocycles. The summed E-state index contributed by atoms with van der Waals surface area (Å²) >= 11 is 0. The van der Waals surface area contributed by atoms with Crippen LogP contribution in [0.1, 0.15) is 32.6 Å². The molecule has 2 nitrogen and oxygen atoms in total. The zero-order valence-electron chi connectivity index (χ0n) is 6.59. The molecule has 0 aliphatic heterocycles. The summed E-state index contributed by atoms with van der Waals surface area (Å²) in [6.07, 6.45) is 3.81. The lowest BCUT2D eigenvalue weighted by Crippen LogP contribution is -2.24. The zero-order chi connectivity index (χ0) is 7.56. The standard InChI is InChI=1S/C8H17NO/c1-6-2-3-8(10)5-7(9)4-6/h6-8,10H,2-5,9H2,1H3. The number of aliphatic hydroxyl groups is 1. The van der Waals surface area contributed by atoms with Gasteiger partial charge in [0.2, 0.25) is 0 Å². The van der Waals surface area contributed by atoms with Crippen LogP contribution in [0.5, 0.6) is 0 Å². The molecule has 1 rings (SSSR count). The quantitative estimate of drug-likeness (QED) is 0.494. The molecule has 0 saturated heterocycles. The third kappa shape index (κ3) is 2.27. The fraction of sp³-hybridized carbons (Fsp3) is 1.00. The topological polar surface area (TPSA) is 46.2 Å². The van der Waals surface area contributed by atoms with Gasteiger partial charge >= 0.3 is 0 Å². The van der Waals surface area contributed by atoms with Gasteiger partial charge in [-0.15, -0.1) is 0 Å². The predicted octanol–water partition coefficient (Wildman–Crippen LogP) is 0.885. The molecule has 0 radical (unpaired) electrons. The SMILES string of the molecule is CC1CCC(O)CC(N)C1. The highest BCUT2D eigenvalue weighted by Crippen LogP contribution is 2.21. The molecule has 60 valence electrons. The van der Waals surface area contributed by atoms with Crippen LogP contribution in [-0.4, -0.2) is 17.3 Å². The van der Waals surface area contributed by atoms with Crippen LogP contribution < -0.4 is 5.73 Å². The minimum Gasteiger partial charge on any atom is -0.393 e. The van der Waals surface area contributed by atoms with Crippen molar-refractivity contribution >= 4 is 0 Å². The van der Waals surface area contributed by atoms with Crippen molar-refractivity contribution in [1.82, 2.24) is 0 Å². The van der Waals surface area contributed by atoms with Crippen molar-refractivity contribution in [3.8, 4) is 0 Å². The molecule has 1 aliphatic rings. The van der Waals surface area contributed by atoms with Gasteiger partial charge in [-0.05, 0) is 31.6 Å². The normalized spacial score (nSPS) is 42.9. The summed E-state index contributed by atoms with van der Waals surface area (Å²) in [6.45, 7) is 2.21. The van der Waals surface area contributed by atoms with Gasteiger partial charge in [-0.3, -0.25) is 0 Å². The van der Waals surface area contributed by atoms with Crippen LogP contribution in [0, 0.1) is 5.92 Å². The summed E-state index contributed by atoms with van der Waals surface area (Å²) in [5.74, 6) is 0.701. The van der Waals surface area contributed by atoms with Crippen LogP contribution in [0.25, 0.3) is 0 Å². The number of hydrogen-bond donors (Lipinski definition) is 2. The first kappa shape index (κ1) is 8.02. The Hall–Kier alpha value is -0.0800. The predicted molar refractivity (Wildman–Crippen MR) is 41.6 cm³/mol. The van der Waals surface area contributed by atoms with Crippen LogP contribution in [0.4, 0.5) is 0 Å². The molecule has 2 heteroatoms. The molecule has 1 fully saturated rings. The second kappa shape index (κ2) is 3.35. The number of aliphatic hydroxyl groups excluding tert-OH is 1. The fourth-order valence-electron chi connectivity index (χ4n) is 1.68. The first-order valence-electron chi connectivity index (χ1n) is 4.12. The molecule has 3 atom stereocenters. The largest absolute Gasteiger partial charge is 0.393 e. The third-order valence-corrected chi connectivity index (χ3v) is 2.27. The average molecular weight is 143 g/mol. The molecule has 0 aromatic rings. The van der Waals surface area contributed by atoms with Crippen molar-refractivity contribution in [2.24, 2.45) is 11.7 Å². The lowest BCUT2D eigenvalue weighted by molar-refractivity contribution is 0.151.